The van der Waals surface area contributed by atoms with Crippen molar-refractivity contribution in [1.29, 1.82) is 0 Å². The van der Waals surface area contributed by atoms with E-state index in [2.05, 4.69) is 5.32 Å². The van der Waals surface area contributed by atoms with E-state index in [0.29, 0.717) is 0 Å². The topological polar surface area (TPSA) is 242 Å². The maximum absolute atomic E-state index is 10.8. The largest absolute Gasteiger partial charge is 0.480 e. The van der Waals surface area contributed by atoms with E-state index in [1.807, 2.05) is 0 Å². The Morgan fingerprint density at radius 2 is 1.33 bits per heavy atom. The maximum Gasteiger partial charge on any atom is 0.326 e. The molecule has 0 bridgehead atoms. The number of aliphatic carboxylic acids is 2. The summed E-state index contributed by atoms with van der Waals surface area (Å²) in [6.45, 7) is -0.291. The zero-order chi connectivity index (χ0) is 19.3. The molecule has 0 aromatic carbocycles. The Kier molecular flexibility index (Phi) is 12.5. The predicted molar refractivity (Wildman–Crippen MR) is 81.1 cm³/mol. The van der Waals surface area contributed by atoms with Gasteiger partial charge in [-0.3, -0.25) is 19.2 Å². The lowest BCUT2D eigenvalue weighted by molar-refractivity contribution is -0.142. The minimum atomic E-state index is -1.21. The van der Waals surface area contributed by atoms with E-state index in [-0.39, 0.29) is 32.2 Å². The van der Waals surface area contributed by atoms with Crippen LogP contribution < -0.4 is 28.3 Å². The van der Waals surface area contributed by atoms with Crippen molar-refractivity contribution in [3.05, 3.63) is 0 Å². The van der Waals surface area contributed by atoms with Gasteiger partial charge in [0.2, 0.25) is 17.7 Å². The normalized spacial score (nSPS) is 12.1. The standard InChI is InChI=1S/C7H13N3O4.C5H10N2O3/c8-3-6(12)10-4(7(13)14)1-2-5(9)11;6-3(5(9)10)1-2-4(7)8/h4H,1-3,8H2,(H2,9,11)(H,10,12)(H,13,14);3H,1-2,6H2,(H2,7,8)(H,9,10). The van der Waals surface area contributed by atoms with Gasteiger partial charge in [-0.1, -0.05) is 0 Å². The molecule has 0 aliphatic heterocycles. The van der Waals surface area contributed by atoms with Crippen molar-refractivity contribution in [1.82, 2.24) is 5.32 Å². The van der Waals surface area contributed by atoms with Crippen LogP contribution in [-0.2, 0) is 24.0 Å². The fourth-order valence-corrected chi connectivity index (χ4v) is 1.22. The first-order valence-electron chi connectivity index (χ1n) is 6.78. The Hall–Kier alpha value is -2.73. The average molecular weight is 349 g/mol. The summed E-state index contributed by atoms with van der Waals surface area (Å²) in [4.78, 5) is 51.8. The minimum Gasteiger partial charge on any atom is -0.480 e. The number of carboxylic acid groups (broad SMARTS) is 2. The molecule has 0 spiro atoms. The van der Waals surface area contributed by atoms with Gasteiger partial charge in [0.05, 0.1) is 6.54 Å². The third-order valence-corrected chi connectivity index (χ3v) is 2.52. The molecule has 0 saturated carbocycles. The van der Waals surface area contributed by atoms with Gasteiger partial charge in [0.1, 0.15) is 12.1 Å². The number of amides is 3. The second-order valence-corrected chi connectivity index (χ2v) is 4.62. The van der Waals surface area contributed by atoms with Gasteiger partial charge in [0.15, 0.2) is 0 Å². The Morgan fingerprint density at radius 1 is 0.875 bits per heavy atom. The molecule has 24 heavy (non-hydrogen) atoms. The lowest BCUT2D eigenvalue weighted by atomic mass is 10.1. The third-order valence-electron chi connectivity index (χ3n) is 2.52. The van der Waals surface area contributed by atoms with E-state index in [0.717, 1.165) is 0 Å². The maximum atomic E-state index is 10.8. The van der Waals surface area contributed by atoms with Crippen LogP contribution in [0.15, 0.2) is 0 Å². The summed E-state index contributed by atoms with van der Waals surface area (Å²) in [6.07, 6.45) is -0.00361. The number of primary amides is 2. The average Bonchev–Trinajstić information content (AvgIpc) is 2.48. The number of carboxylic acids is 2. The van der Waals surface area contributed by atoms with E-state index in [9.17, 15) is 24.0 Å². The highest BCUT2D eigenvalue weighted by Crippen LogP contribution is 1.96. The molecule has 0 aromatic heterocycles. The molecule has 11 N–H and O–H groups in total. The zero-order valence-electron chi connectivity index (χ0n) is 12.9. The number of nitrogens with one attached hydrogen (secondary N) is 1. The molecule has 12 heteroatoms. The van der Waals surface area contributed by atoms with Crippen LogP contribution >= 0.6 is 0 Å². The van der Waals surface area contributed by atoms with Crippen molar-refractivity contribution in [2.45, 2.75) is 37.8 Å². The summed E-state index contributed by atoms with van der Waals surface area (Å²) in [5, 5.41) is 19.0. The lowest BCUT2D eigenvalue weighted by Crippen LogP contribution is -2.43. The summed E-state index contributed by atoms with van der Waals surface area (Å²) >= 11 is 0. The molecule has 2 atom stereocenters. The van der Waals surface area contributed by atoms with Gasteiger partial charge in [0.25, 0.3) is 0 Å². The van der Waals surface area contributed by atoms with Gasteiger partial charge >= 0.3 is 11.9 Å². The molecule has 0 aliphatic carbocycles. The fraction of sp³-hybridized carbons (Fsp3) is 0.583. The molecular weight excluding hydrogens is 326 g/mol. The fourth-order valence-electron chi connectivity index (χ4n) is 1.22. The molecule has 0 fully saturated rings. The molecule has 138 valence electrons. The van der Waals surface area contributed by atoms with Crippen molar-refractivity contribution in [2.24, 2.45) is 22.9 Å². The van der Waals surface area contributed by atoms with E-state index in [1.54, 1.807) is 0 Å². The smallest absolute Gasteiger partial charge is 0.326 e. The Bertz CT molecular complexity index is 469. The van der Waals surface area contributed by atoms with Crippen LogP contribution in [0.3, 0.4) is 0 Å². The molecule has 0 heterocycles. The van der Waals surface area contributed by atoms with E-state index >= 15 is 0 Å². The summed E-state index contributed by atoms with van der Waals surface area (Å²) in [5.74, 6) is -4.05. The molecule has 0 saturated heterocycles. The van der Waals surface area contributed by atoms with E-state index in [4.69, 9.17) is 33.1 Å². The summed E-state index contributed by atoms with van der Waals surface area (Å²) in [7, 11) is 0. The number of rotatable bonds is 10. The second-order valence-electron chi connectivity index (χ2n) is 4.62. The van der Waals surface area contributed by atoms with Gasteiger partial charge in [-0.05, 0) is 12.8 Å². The van der Waals surface area contributed by atoms with Crippen molar-refractivity contribution in [3.63, 3.8) is 0 Å². The van der Waals surface area contributed by atoms with Gasteiger partial charge < -0.3 is 38.5 Å². The predicted octanol–water partition coefficient (Wildman–Crippen LogP) is -3.56. The SMILES string of the molecule is NC(=O)CCC(N)C(=O)O.NCC(=O)NC(CCC(N)=O)C(=O)O. The number of hydrogen-bond acceptors (Lipinski definition) is 7. The first-order chi connectivity index (χ1) is 11.0. The highest BCUT2D eigenvalue weighted by Gasteiger charge is 2.19. The highest BCUT2D eigenvalue weighted by molar-refractivity contribution is 5.85. The quantitative estimate of drug-likeness (QED) is 0.206. The van der Waals surface area contributed by atoms with Crippen LogP contribution in [0.5, 0.6) is 0 Å². The molecule has 12 nitrogen and oxygen atoms in total. The molecule has 0 rings (SSSR count). The summed E-state index contributed by atoms with van der Waals surface area (Å²) < 4.78 is 0. The molecule has 3 amide bonds. The number of nitrogens with two attached hydrogens (primary N) is 4. The van der Waals surface area contributed by atoms with Gasteiger partial charge in [-0.15, -0.1) is 0 Å². The van der Waals surface area contributed by atoms with Crippen LogP contribution in [0.25, 0.3) is 0 Å². The van der Waals surface area contributed by atoms with Gasteiger partial charge in [-0.2, -0.15) is 0 Å². The first-order valence-corrected chi connectivity index (χ1v) is 6.78. The summed E-state index contributed by atoms with van der Waals surface area (Å²) in [5.41, 5.74) is 19.6. The zero-order valence-corrected chi connectivity index (χ0v) is 12.9. The number of hydrogen-bond donors (Lipinski definition) is 7. The van der Waals surface area contributed by atoms with E-state index in [1.165, 1.54) is 0 Å². The van der Waals surface area contributed by atoms with Crippen molar-refractivity contribution in [3.8, 4) is 0 Å². The molecule has 2 unspecified atom stereocenters. The number of carbonyl (C=O) groups excluding carboxylic acids is 3. The van der Waals surface area contributed by atoms with Crippen LogP contribution in [0.1, 0.15) is 25.7 Å². The second kappa shape index (κ2) is 12.8. The lowest BCUT2D eigenvalue weighted by Gasteiger charge is -2.12. The monoisotopic (exact) mass is 349 g/mol. The minimum absolute atomic E-state index is 0.0213. The molecule has 0 aliphatic rings. The molecule has 0 aromatic rings. The molecular formula is C12H23N5O7. The Labute approximate surface area is 137 Å². The van der Waals surface area contributed by atoms with Crippen molar-refractivity contribution < 1.29 is 34.2 Å². The molecule has 0 radical (unpaired) electrons. The van der Waals surface area contributed by atoms with Crippen LogP contribution in [-0.4, -0.2) is 58.5 Å². The van der Waals surface area contributed by atoms with E-state index < -0.39 is 41.7 Å². The third kappa shape index (κ3) is 14.2. The van der Waals surface area contributed by atoms with Gasteiger partial charge in [0, 0.05) is 12.8 Å². The Balaban J connectivity index is 0. The van der Waals surface area contributed by atoms with Gasteiger partial charge in [-0.25, -0.2) is 4.79 Å². The number of carbonyl (C=O) groups is 5. The van der Waals surface area contributed by atoms with Crippen molar-refractivity contribution >= 4 is 29.7 Å². The first kappa shape index (κ1) is 23.5. The van der Waals surface area contributed by atoms with Crippen LogP contribution in [0, 0.1) is 0 Å². The Morgan fingerprint density at radius 3 is 1.67 bits per heavy atom. The van der Waals surface area contributed by atoms with Crippen molar-refractivity contribution in [2.75, 3.05) is 6.54 Å². The summed E-state index contributed by atoms with van der Waals surface area (Å²) in [6, 6.07) is -2.09. The van der Waals surface area contributed by atoms with Crippen LogP contribution in [0.2, 0.25) is 0 Å². The van der Waals surface area contributed by atoms with Crippen LogP contribution in [0.4, 0.5) is 0 Å². The highest BCUT2D eigenvalue weighted by atomic mass is 16.4.